The molecule has 142 valence electrons. The van der Waals surface area contributed by atoms with Gasteiger partial charge in [-0.3, -0.25) is 14.5 Å². The van der Waals surface area contributed by atoms with Gasteiger partial charge >= 0.3 is 0 Å². The van der Waals surface area contributed by atoms with Crippen LogP contribution in [0.25, 0.3) is 0 Å². The predicted molar refractivity (Wildman–Crippen MR) is 99.1 cm³/mol. The summed E-state index contributed by atoms with van der Waals surface area (Å²) in [5.74, 6) is 2.01. The quantitative estimate of drug-likeness (QED) is 0.785. The zero-order valence-electron chi connectivity index (χ0n) is 16.2. The number of amides is 2. The van der Waals surface area contributed by atoms with Crippen molar-refractivity contribution in [3.8, 4) is 0 Å². The molecule has 3 rings (SSSR count). The van der Waals surface area contributed by atoms with Crippen molar-refractivity contribution in [2.45, 2.75) is 58.9 Å². The summed E-state index contributed by atoms with van der Waals surface area (Å²) in [6.07, 6.45) is 5.34. The lowest BCUT2D eigenvalue weighted by Gasteiger charge is -2.40. The van der Waals surface area contributed by atoms with E-state index in [-0.39, 0.29) is 17.9 Å². The van der Waals surface area contributed by atoms with Crippen molar-refractivity contribution in [1.82, 2.24) is 14.7 Å². The first-order valence-corrected chi connectivity index (χ1v) is 10.3. The van der Waals surface area contributed by atoms with Crippen LogP contribution in [0.3, 0.4) is 0 Å². The van der Waals surface area contributed by atoms with Crippen LogP contribution in [0.1, 0.15) is 52.9 Å². The molecule has 3 saturated heterocycles. The van der Waals surface area contributed by atoms with Crippen LogP contribution in [-0.2, 0) is 9.59 Å². The highest BCUT2D eigenvalue weighted by molar-refractivity contribution is 5.82. The Morgan fingerprint density at radius 1 is 0.880 bits per heavy atom. The molecule has 0 bridgehead atoms. The molecule has 0 radical (unpaired) electrons. The lowest BCUT2D eigenvalue weighted by molar-refractivity contribution is -0.140. The maximum Gasteiger partial charge on any atom is 0.239 e. The van der Waals surface area contributed by atoms with Crippen molar-refractivity contribution in [1.29, 1.82) is 0 Å². The Morgan fingerprint density at radius 2 is 1.44 bits per heavy atom. The first kappa shape index (κ1) is 18.7. The number of piperidine rings is 2. The predicted octanol–water partition coefficient (Wildman–Crippen LogP) is 2.21. The van der Waals surface area contributed by atoms with Gasteiger partial charge in [0, 0.05) is 32.1 Å². The van der Waals surface area contributed by atoms with Crippen LogP contribution in [0.5, 0.6) is 0 Å². The van der Waals surface area contributed by atoms with E-state index in [4.69, 9.17) is 0 Å². The molecular formula is C20H35N3O2. The number of nitrogens with zero attached hydrogens (tertiary/aromatic N) is 3. The van der Waals surface area contributed by atoms with Gasteiger partial charge in [-0.25, -0.2) is 0 Å². The van der Waals surface area contributed by atoms with Crippen LogP contribution in [0.4, 0.5) is 0 Å². The SMILES string of the molecule is CC1CC(C)CN(C(=O)C(C)N2CCC(C(=O)N3CCCC3)CC2)C1. The van der Waals surface area contributed by atoms with Crippen molar-refractivity contribution >= 4 is 11.8 Å². The van der Waals surface area contributed by atoms with E-state index in [9.17, 15) is 9.59 Å². The Balaban J connectivity index is 1.50. The normalized spacial score (nSPS) is 30.5. The first-order chi connectivity index (χ1) is 12.0. The molecule has 0 saturated carbocycles. The van der Waals surface area contributed by atoms with Crippen LogP contribution in [0.2, 0.25) is 0 Å². The van der Waals surface area contributed by atoms with Gasteiger partial charge in [0.1, 0.15) is 0 Å². The van der Waals surface area contributed by atoms with Crippen molar-refractivity contribution in [3.05, 3.63) is 0 Å². The highest BCUT2D eigenvalue weighted by Crippen LogP contribution is 2.25. The number of rotatable bonds is 3. The van der Waals surface area contributed by atoms with E-state index < -0.39 is 0 Å². The van der Waals surface area contributed by atoms with E-state index in [1.54, 1.807) is 0 Å². The van der Waals surface area contributed by atoms with Crippen LogP contribution in [0.15, 0.2) is 0 Å². The summed E-state index contributed by atoms with van der Waals surface area (Å²) in [5, 5.41) is 0. The summed E-state index contributed by atoms with van der Waals surface area (Å²) in [6.45, 7) is 12.0. The topological polar surface area (TPSA) is 43.9 Å². The Morgan fingerprint density at radius 3 is 2.00 bits per heavy atom. The molecule has 25 heavy (non-hydrogen) atoms. The largest absolute Gasteiger partial charge is 0.342 e. The number of hydrogen-bond acceptors (Lipinski definition) is 3. The van der Waals surface area contributed by atoms with Gasteiger partial charge < -0.3 is 9.80 Å². The minimum absolute atomic E-state index is 0.0552. The Kier molecular flexibility index (Phi) is 6.03. The van der Waals surface area contributed by atoms with E-state index in [1.807, 2.05) is 4.90 Å². The van der Waals surface area contributed by atoms with Crippen molar-refractivity contribution in [2.24, 2.45) is 17.8 Å². The Bertz CT molecular complexity index is 471. The van der Waals surface area contributed by atoms with E-state index in [1.165, 1.54) is 6.42 Å². The molecule has 0 spiro atoms. The molecule has 0 aromatic rings. The smallest absolute Gasteiger partial charge is 0.239 e. The summed E-state index contributed by atoms with van der Waals surface area (Å²) in [5.41, 5.74) is 0. The zero-order valence-corrected chi connectivity index (χ0v) is 16.2. The van der Waals surface area contributed by atoms with Crippen molar-refractivity contribution < 1.29 is 9.59 Å². The summed E-state index contributed by atoms with van der Waals surface area (Å²) >= 11 is 0. The van der Waals surface area contributed by atoms with E-state index >= 15 is 0 Å². The van der Waals surface area contributed by atoms with Gasteiger partial charge in [0.2, 0.25) is 11.8 Å². The number of carbonyl (C=O) groups excluding carboxylic acids is 2. The van der Waals surface area contributed by atoms with Gasteiger partial charge in [-0.2, -0.15) is 0 Å². The van der Waals surface area contributed by atoms with E-state index in [0.29, 0.717) is 17.7 Å². The lowest BCUT2D eigenvalue weighted by atomic mass is 9.91. The maximum atomic E-state index is 12.9. The molecule has 3 heterocycles. The van der Waals surface area contributed by atoms with E-state index in [2.05, 4.69) is 30.6 Å². The maximum absolute atomic E-state index is 12.9. The first-order valence-electron chi connectivity index (χ1n) is 10.3. The van der Waals surface area contributed by atoms with Crippen LogP contribution < -0.4 is 0 Å². The van der Waals surface area contributed by atoms with Gasteiger partial charge in [-0.15, -0.1) is 0 Å². The van der Waals surface area contributed by atoms with Crippen LogP contribution in [-0.4, -0.2) is 71.8 Å². The minimum Gasteiger partial charge on any atom is -0.342 e. The van der Waals surface area contributed by atoms with Gasteiger partial charge in [0.05, 0.1) is 6.04 Å². The van der Waals surface area contributed by atoms with Gasteiger partial charge in [0.25, 0.3) is 0 Å². The van der Waals surface area contributed by atoms with Gasteiger partial charge in [-0.1, -0.05) is 13.8 Å². The molecule has 3 fully saturated rings. The summed E-state index contributed by atoms with van der Waals surface area (Å²) in [4.78, 5) is 31.9. The van der Waals surface area contributed by atoms with Crippen LogP contribution >= 0.6 is 0 Å². The monoisotopic (exact) mass is 349 g/mol. The molecule has 3 aliphatic heterocycles. The van der Waals surface area contributed by atoms with Gasteiger partial charge in [-0.05, 0) is 64.0 Å². The molecule has 2 amide bonds. The Labute approximate surface area is 152 Å². The number of hydrogen-bond donors (Lipinski definition) is 0. The third kappa shape index (κ3) is 4.36. The molecule has 0 aliphatic carbocycles. The molecule has 3 unspecified atom stereocenters. The molecule has 3 aliphatic rings. The molecule has 5 heteroatoms. The third-order valence-electron chi connectivity index (χ3n) is 6.38. The van der Waals surface area contributed by atoms with E-state index in [0.717, 1.165) is 65.0 Å². The fourth-order valence-corrected chi connectivity index (χ4v) is 4.99. The fourth-order valence-electron chi connectivity index (χ4n) is 4.99. The number of carbonyl (C=O) groups is 2. The second kappa shape index (κ2) is 8.07. The minimum atomic E-state index is -0.0552. The Hall–Kier alpha value is -1.10. The fraction of sp³-hybridized carbons (Fsp3) is 0.900. The second-order valence-electron chi connectivity index (χ2n) is 8.71. The molecule has 0 aromatic heterocycles. The van der Waals surface area contributed by atoms with Crippen molar-refractivity contribution in [2.75, 3.05) is 39.3 Å². The van der Waals surface area contributed by atoms with Gasteiger partial charge in [0.15, 0.2) is 0 Å². The summed E-state index contributed by atoms with van der Waals surface area (Å²) in [6, 6.07) is -0.0552. The molecule has 0 N–H and O–H groups in total. The highest BCUT2D eigenvalue weighted by atomic mass is 16.2. The highest BCUT2D eigenvalue weighted by Gasteiger charge is 2.35. The standard InChI is InChI=1S/C20H35N3O2/c1-15-12-16(2)14-23(13-15)19(24)17(3)21-10-6-18(7-11-21)20(25)22-8-4-5-9-22/h15-18H,4-14H2,1-3H3. The zero-order chi connectivity index (χ0) is 18.0. The summed E-state index contributed by atoms with van der Waals surface area (Å²) < 4.78 is 0. The molecular weight excluding hydrogens is 314 g/mol. The van der Waals surface area contributed by atoms with Crippen LogP contribution in [0, 0.1) is 17.8 Å². The lowest BCUT2D eigenvalue weighted by Crippen LogP contribution is -2.53. The average Bonchev–Trinajstić information content (AvgIpc) is 3.14. The third-order valence-corrected chi connectivity index (χ3v) is 6.38. The van der Waals surface area contributed by atoms with Crippen molar-refractivity contribution in [3.63, 3.8) is 0 Å². The molecule has 5 nitrogen and oxygen atoms in total. The average molecular weight is 350 g/mol. The molecule has 0 aromatic carbocycles. The second-order valence-corrected chi connectivity index (χ2v) is 8.71. The summed E-state index contributed by atoms with van der Waals surface area (Å²) in [7, 11) is 0. The molecule has 3 atom stereocenters. The number of likely N-dealkylation sites (tertiary alicyclic amines) is 3.